The lowest BCUT2D eigenvalue weighted by Gasteiger charge is -2.11. The third kappa shape index (κ3) is 5.10. The van der Waals surface area contributed by atoms with Gasteiger partial charge in [0.05, 0.1) is 12.4 Å². The third-order valence-corrected chi connectivity index (χ3v) is 4.08. The molecule has 0 atom stereocenters. The summed E-state index contributed by atoms with van der Waals surface area (Å²) in [5.74, 6) is 0.828. The molecule has 2 aromatic rings. The smallest absolute Gasteiger partial charge is 0.230 e. The van der Waals surface area contributed by atoms with Crippen LogP contribution in [0.4, 0.5) is 5.69 Å². The number of carbonyl (C=O) groups is 1. The molecule has 23 heavy (non-hydrogen) atoms. The van der Waals surface area contributed by atoms with Gasteiger partial charge >= 0.3 is 0 Å². The van der Waals surface area contributed by atoms with Gasteiger partial charge in [0, 0.05) is 30.4 Å². The van der Waals surface area contributed by atoms with Crippen molar-refractivity contribution in [1.29, 1.82) is 0 Å². The third-order valence-electron chi connectivity index (χ3n) is 3.57. The Labute approximate surface area is 144 Å². The van der Waals surface area contributed by atoms with Gasteiger partial charge in [0.15, 0.2) is 0 Å². The first-order valence-electron chi connectivity index (χ1n) is 7.74. The molecule has 0 spiro atoms. The van der Waals surface area contributed by atoms with Crippen LogP contribution in [0, 0.1) is 0 Å². The Morgan fingerprint density at radius 3 is 2.83 bits per heavy atom. The molecule has 0 saturated heterocycles. The van der Waals surface area contributed by atoms with Gasteiger partial charge in [0.25, 0.3) is 0 Å². The van der Waals surface area contributed by atoms with Crippen LogP contribution in [-0.2, 0) is 4.79 Å². The number of nitrogens with one attached hydrogen (secondary N) is 2. The van der Waals surface area contributed by atoms with Crippen LogP contribution in [0.3, 0.4) is 0 Å². The number of alkyl halides is 1. The summed E-state index contributed by atoms with van der Waals surface area (Å²) >= 11 is 3.13. The van der Waals surface area contributed by atoms with Crippen molar-refractivity contribution in [3.05, 3.63) is 30.5 Å². The molecule has 0 unspecified atom stereocenters. The first-order valence-corrected chi connectivity index (χ1v) is 8.86. The second kappa shape index (κ2) is 9.35. The first kappa shape index (κ1) is 17.5. The van der Waals surface area contributed by atoms with Crippen molar-refractivity contribution in [3.63, 3.8) is 0 Å². The number of anilines is 1. The summed E-state index contributed by atoms with van der Waals surface area (Å²) in [7, 11) is 1.66. The average molecular weight is 380 g/mol. The predicted octanol–water partition coefficient (Wildman–Crippen LogP) is 3.34. The van der Waals surface area contributed by atoms with Crippen molar-refractivity contribution in [2.45, 2.75) is 19.3 Å². The Balaban J connectivity index is 1.80. The Morgan fingerprint density at radius 2 is 2.04 bits per heavy atom. The van der Waals surface area contributed by atoms with E-state index in [0.29, 0.717) is 5.33 Å². The minimum atomic E-state index is 0.0420. The van der Waals surface area contributed by atoms with E-state index in [1.807, 2.05) is 24.3 Å². The number of para-hydroxylation sites is 1. The topological polar surface area (TPSA) is 63.2 Å². The highest BCUT2D eigenvalue weighted by Crippen LogP contribution is 2.28. The lowest BCUT2D eigenvalue weighted by molar-refractivity contribution is -0.118. The van der Waals surface area contributed by atoms with Gasteiger partial charge in [-0.2, -0.15) is 0 Å². The number of hydrogen-bond acceptors (Lipinski definition) is 4. The van der Waals surface area contributed by atoms with Crippen LogP contribution in [0.25, 0.3) is 10.9 Å². The molecule has 0 saturated carbocycles. The Bertz CT molecular complexity index is 649. The highest BCUT2D eigenvalue weighted by Gasteiger charge is 2.05. The van der Waals surface area contributed by atoms with Crippen molar-refractivity contribution in [2.24, 2.45) is 0 Å². The van der Waals surface area contributed by atoms with Crippen molar-refractivity contribution in [3.8, 4) is 5.75 Å². The number of carbonyl (C=O) groups excluding carboxylic acids is 1. The number of fused-ring (bicyclic) bond motifs is 1. The minimum Gasteiger partial charge on any atom is -0.494 e. The van der Waals surface area contributed by atoms with E-state index in [9.17, 15) is 4.79 Å². The lowest BCUT2D eigenvalue weighted by Crippen LogP contribution is -2.25. The SMILES string of the molecule is COc1cccc2c(NCCCCCNC(=O)CBr)ccnc12. The number of methoxy groups -OCH3 is 1. The largest absolute Gasteiger partial charge is 0.494 e. The molecular weight excluding hydrogens is 358 g/mol. The second-order valence-electron chi connectivity index (χ2n) is 5.19. The molecule has 2 N–H and O–H groups in total. The Morgan fingerprint density at radius 1 is 1.22 bits per heavy atom. The molecule has 0 radical (unpaired) electrons. The number of ether oxygens (including phenoxy) is 1. The summed E-state index contributed by atoms with van der Waals surface area (Å²) in [5.41, 5.74) is 1.94. The molecule has 124 valence electrons. The van der Waals surface area contributed by atoms with E-state index in [-0.39, 0.29) is 5.91 Å². The quantitative estimate of drug-likeness (QED) is 0.518. The molecule has 1 aromatic heterocycles. The van der Waals surface area contributed by atoms with Crippen LogP contribution >= 0.6 is 15.9 Å². The zero-order chi connectivity index (χ0) is 16.5. The number of pyridine rings is 1. The summed E-state index contributed by atoms with van der Waals surface area (Å²) in [6, 6.07) is 7.92. The molecule has 2 rings (SSSR count). The van der Waals surface area contributed by atoms with E-state index < -0.39 is 0 Å². The van der Waals surface area contributed by atoms with E-state index in [1.165, 1.54) is 0 Å². The maximum Gasteiger partial charge on any atom is 0.230 e. The van der Waals surface area contributed by atoms with Crippen molar-refractivity contribution in [1.82, 2.24) is 10.3 Å². The van der Waals surface area contributed by atoms with E-state index in [4.69, 9.17) is 4.74 Å². The number of halogens is 1. The summed E-state index contributed by atoms with van der Waals surface area (Å²) in [6.07, 6.45) is 4.91. The van der Waals surface area contributed by atoms with Crippen molar-refractivity contribution in [2.75, 3.05) is 30.8 Å². The fourth-order valence-corrected chi connectivity index (χ4v) is 2.59. The molecule has 0 aliphatic carbocycles. The number of rotatable bonds is 9. The number of aromatic nitrogens is 1. The van der Waals surface area contributed by atoms with Gasteiger partial charge in [-0.25, -0.2) is 0 Å². The standard InChI is InChI=1S/C17H22BrN3O2/c1-23-15-7-5-6-13-14(8-11-21-17(13)15)19-9-3-2-4-10-20-16(22)12-18/h5-8,11H,2-4,9-10,12H2,1H3,(H,19,21)(H,20,22). The van der Waals surface area contributed by atoms with Gasteiger partial charge < -0.3 is 15.4 Å². The van der Waals surface area contributed by atoms with Crippen LogP contribution in [0.2, 0.25) is 0 Å². The van der Waals surface area contributed by atoms with Crippen LogP contribution in [-0.4, -0.2) is 36.4 Å². The predicted molar refractivity (Wildman–Crippen MR) is 97.4 cm³/mol. The van der Waals surface area contributed by atoms with Crippen LogP contribution in [0.1, 0.15) is 19.3 Å². The summed E-state index contributed by atoms with van der Waals surface area (Å²) in [4.78, 5) is 15.5. The molecule has 1 heterocycles. The fourth-order valence-electron chi connectivity index (χ4n) is 2.39. The Kier molecular flexibility index (Phi) is 7.13. The fraction of sp³-hybridized carbons (Fsp3) is 0.412. The van der Waals surface area contributed by atoms with E-state index in [2.05, 4.69) is 31.5 Å². The average Bonchev–Trinajstić information content (AvgIpc) is 2.60. The zero-order valence-electron chi connectivity index (χ0n) is 13.3. The number of unbranched alkanes of at least 4 members (excludes halogenated alkanes) is 2. The van der Waals surface area contributed by atoms with E-state index in [1.54, 1.807) is 13.3 Å². The van der Waals surface area contributed by atoms with Crippen LogP contribution in [0.5, 0.6) is 5.75 Å². The molecule has 0 fully saturated rings. The van der Waals surface area contributed by atoms with Gasteiger partial charge in [0.1, 0.15) is 11.3 Å². The van der Waals surface area contributed by atoms with Crippen LogP contribution in [0.15, 0.2) is 30.5 Å². The molecule has 5 nitrogen and oxygen atoms in total. The summed E-state index contributed by atoms with van der Waals surface area (Å²) in [6.45, 7) is 1.63. The molecule has 6 heteroatoms. The minimum absolute atomic E-state index is 0.0420. The molecule has 1 aromatic carbocycles. The molecule has 0 aliphatic heterocycles. The highest BCUT2D eigenvalue weighted by atomic mass is 79.9. The number of nitrogens with zero attached hydrogens (tertiary/aromatic N) is 1. The monoisotopic (exact) mass is 379 g/mol. The second-order valence-corrected chi connectivity index (χ2v) is 5.75. The van der Waals surface area contributed by atoms with E-state index >= 15 is 0 Å². The maximum atomic E-state index is 11.1. The van der Waals surface area contributed by atoms with Gasteiger partial charge in [0.2, 0.25) is 5.91 Å². The van der Waals surface area contributed by atoms with Crippen molar-refractivity contribution >= 4 is 38.4 Å². The van der Waals surface area contributed by atoms with Crippen molar-refractivity contribution < 1.29 is 9.53 Å². The van der Waals surface area contributed by atoms with E-state index in [0.717, 1.165) is 54.7 Å². The molecule has 1 amide bonds. The maximum absolute atomic E-state index is 11.1. The number of hydrogen-bond donors (Lipinski definition) is 2. The lowest BCUT2D eigenvalue weighted by atomic mass is 10.1. The van der Waals surface area contributed by atoms with Gasteiger partial charge in [-0.1, -0.05) is 28.1 Å². The molecule has 0 aliphatic rings. The summed E-state index contributed by atoms with van der Waals surface area (Å²) in [5, 5.41) is 7.74. The van der Waals surface area contributed by atoms with Crippen LogP contribution < -0.4 is 15.4 Å². The zero-order valence-corrected chi connectivity index (χ0v) is 14.9. The Hall–Kier alpha value is -1.82. The highest BCUT2D eigenvalue weighted by molar-refractivity contribution is 9.09. The van der Waals surface area contributed by atoms with Gasteiger partial charge in [-0.3, -0.25) is 9.78 Å². The number of amides is 1. The summed E-state index contributed by atoms with van der Waals surface area (Å²) < 4.78 is 5.35. The van der Waals surface area contributed by atoms with Gasteiger partial charge in [-0.05, 0) is 31.4 Å². The van der Waals surface area contributed by atoms with Gasteiger partial charge in [-0.15, -0.1) is 0 Å². The molecular formula is C17H22BrN3O2. The normalized spacial score (nSPS) is 10.5. The number of benzene rings is 1. The molecule has 0 bridgehead atoms. The first-order chi connectivity index (χ1) is 11.3.